The molecule has 1 N–H and O–H groups in total. The fourth-order valence-corrected chi connectivity index (χ4v) is 4.98. The number of amides is 1. The van der Waals surface area contributed by atoms with Gasteiger partial charge in [0.2, 0.25) is 5.91 Å². The van der Waals surface area contributed by atoms with E-state index < -0.39 is 6.10 Å². The van der Waals surface area contributed by atoms with Gasteiger partial charge < -0.3 is 14.7 Å². The third-order valence-electron chi connectivity index (χ3n) is 5.47. The normalized spacial score (nSPS) is 20.4. The number of thiophene rings is 1. The first-order valence-corrected chi connectivity index (χ1v) is 10.1. The Kier molecular flexibility index (Phi) is 5.20. The number of carbonyl (C=O) groups excluding carboxylic acids is 1. The minimum absolute atomic E-state index is 0.0175. The molecule has 28 heavy (non-hydrogen) atoms. The summed E-state index contributed by atoms with van der Waals surface area (Å²) in [5.41, 5.74) is 2.15. The first-order chi connectivity index (χ1) is 13.6. The predicted molar refractivity (Wildman–Crippen MR) is 112 cm³/mol. The van der Waals surface area contributed by atoms with E-state index in [9.17, 15) is 9.90 Å². The Hall–Kier alpha value is -2.63. The lowest BCUT2D eigenvalue weighted by Gasteiger charge is -2.29. The molecule has 0 aliphatic carbocycles. The number of rotatable bonds is 5. The average molecular weight is 394 g/mol. The largest absolute Gasteiger partial charge is 0.497 e. The zero-order chi connectivity index (χ0) is 19.7. The van der Waals surface area contributed by atoms with E-state index in [2.05, 4.69) is 0 Å². The van der Waals surface area contributed by atoms with Crippen LogP contribution < -0.4 is 4.74 Å². The summed E-state index contributed by atoms with van der Waals surface area (Å²) in [6, 6.07) is 21.6. The van der Waals surface area contributed by atoms with Crippen molar-refractivity contribution in [2.24, 2.45) is 0 Å². The molecular weight excluding hydrogens is 370 g/mol. The number of methoxy groups -OCH3 is 1. The number of hydrogen-bond acceptors (Lipinski definition) is 4. The van der Waals surface area contributed by atoms with Gasteiger partial charge >= 0.3 is 0 Å². The maximum absolute atomic E-state index is 12.4. The molecule has 1 aliphatic heterocycles. The van der Waals surface area contributed by atoms with Gasteiger partial charge in [0.1, 0.15) is 11.9 Å². The lowest BCUT2D eigenvalue weighted by Crippen LogP contribution is -2.36. The van der Waals surface area contributed by atoms with Gasteiger partial charge in [-0.15, -0.1) is 11.3 Å². The second kappa shape index (κ2) is 7.78. The zero-order valence-corrected chi connectivity index (χ0v) is 16.7. The van der Waals surface area contributed by atoms with Crippen molar-refractivity contribution in [1.82, 2.24) is 4.90 Å². The molecular formula is C23H23NO3S. The van der Waals surface area contributed by atoms with Crippen LogP contribution in [0.5, 0.6) is 5.75 Å². The molecule has 1 aliphatic rings. The van der Waals surface area contributed by atoms with Crippen molar-refractivity contribution in [1.29, 1.82) is 0 Å². The molecule has 1 saturated heterocycles. The molecule has 1 aromatic heterocycles. The second-order valence-corrected chi connectivity index (χ2v) is 8.21. The molecule has 0 bridgehead atoms. The number of aliphatic hydroxyl groups is 1. The van der Waals surface area contributed by atoms with Crippen molar-refractivity contribution in [3.05, 3.63) is 77.2 Å². The average Bonchev–Trinajstić information content (AvgIpc) is 3.34. The third-order valence-corrected chi connectivity index (χ3v) is 6.68. The summed E-state index contributed by atoms with van der Waals surface area (Å²) in [6.07, 6.45) is -0.304. The summed E-state index contributed by atoms with van der Waals surface area (Å²) in [6.45, 7) is 0. The number of nitrogens with zero attached hydrogens (tertiary/aromatic N) is 1. The number of likely N-dealkylation sites (tertiary alicyclic amines) is 1. The summed E-state index contributed by atoms with van der Waals surface area (Å²) in [7, 11) is 3.44. The van der Waals surface area contributed by atoms with Gasteiger partial charge in [0.05, 0.1) is 13.2 Å². The summed E-state index contributed by atoms with van der Waals surface area (Å²) in [4.78, 5) is 16.0. The van der Waals surface area contributed by atoms with Crippen molar-refractivity contribution in [2.75, 3.05) is 14.2 Å². The highest BCUT2D eigenvalue weighted by Crippen LogP contribution is 2.42. The van der Waals surface area contributed by atoms with E-state index in [-0.39, 0.29) is 17.9 Å². The third kappa shape index (κ3) is 3.43. The molecule has 3 aromatic rings. The van der Waals surface area contributed by atoms with Crippen molar-refractivity contribution in [3.63, 3.8) is 0 Å². The number of likely N-dealkylation sites (N-methyl/N-ethyl adjacent to an activating group) is 1. The first kappa shape index (κ1) is 18.7. The summed E-state index contributed by atoms with van der Waals surface area (Å²) in [5, 5.41) is 11.2. The standard InChI is InChI=1S/C23H23NO3S/c1-24-21(25)14-18(15-7-4-3-5-8-15)22(24)23(26)20-12-11-19(28-20)16-9-6-10-17(13-16)27-2/h3-13,18,22-23,26H,14H2,1-2H3/t18-,22-,23-/m1/s1. The van der Waals surface area contributed by atoms with Crippen LogP contribution in [0.1, 0.15) is 28.9 Å². The van der Waals surface area contributed by atoms with Gasteiger partial charge in [0, 0.05) is 29.1 Å². The van der Waals surface area contributed by atoms with Crippen LogP contribution in [0.4, 0.5) is 0 Å². The Bertz CT molecular complexity index is 969. The number of carbonyl (C=O) groups is 1. The Labute approximate surface area is 169 Å². The molecule has 144 valence electrons. The Morgan fingerprint density at radius 3 is 2.64 bits per heavy atom. The number of benzene rings is 2. The quantitative estimate of drug-likeness (QED) is 0.696. The van der Waals surface area contributed by atoms with Crippen molar-refractivity contribution in [3.8, 4) is 16.2 Å². The molecule has 3 atom stereocenters. The summed E-state index contributed by atoms with van der Waals surface area (Å²) in [5.74, 6) is 0.858. The van der Waals surface area contributed by atoms with Crippen molar-refractivity contribution in [2.45, 2.75) is 24.5 Å². The smallest absolute Gasteiger partial charge is 0.223 e. The number of aliphatic hydroxyl groups excluding tert-OH is 1. The van der Waals surface area contributed by atoms with Gasteiger partial charge in [0.25, 0.3) is 0 Å². The molecule has 4 nitrogen and oxygen atoms in total. The van der Waals surface area contributed by atoms with Crippen molar-refractivity contribution >= 4 is 17.2 Å². The lowest BCUT2D eigenvalue weighted by molar-refractivity contribution is -0.128. The summed E-state index contributed by atoms with van der Waals surface area (Å²) >= 11 is 1.56. The highest BCUT2D eigenvalue weighted by Gasteiger charge is 2.43. The molecule has 5 heteroatoms. The second-order valence-electron chi connectivity index (χ2n) is 7.10. The Morgan fingerprint density at radius 2 is 1.89 bits per heavy atom. The number of hydrogen-bond donors (Lipinski definition) is 1. The van der Waals surface area contributed by atoms with Gasteiger partial charge in [-0.25, -0.2) is 0 Å². The topological polar surface area (TPSA) is 49.8 Å². The SMILES string of the molecule is COc1cccc(-c2ccc([C@@H](O)[C@H]3[C@@H](c4ccccc4)CC(=O)N3C)s2)c1. The van der Waals surface area contributed by atoms with E-state index in [0.29, 0.717) is 6.42 Å². The van der Waals surface area contributed by atoms with Gasteiger partial charge in [-0.05, 0) is 35.4 Å². The highest BCUT2D eigenvalue weighted by atomic mass is 32.1. The highest BCUT2D eigenvalue weighted by molar-refractivity contribution is 7.15. The number of ether oxygens (including phenoxy) is 1. The van der Waals surface area contributed by atoms with Crippen LogP contribution in [0.25, 0.3) is 10.4 Å². The minimum atomic E-state index is -0.731. The van der Waals surface area contributed by atoms with E-state index in [4.69, 9.17) is 4.74 Å². The van der Waals surface area contributed by atoms with Crippen LogP contribution in [-0.2, 0) is 4.79 Å². The van der Waals surface area contributed by atoms with E-state index in [1.807, 2.05) is 66.7 Å². The Balaban J connectivity index is 1.63. The fraction of sp³-hybridized carbons (Fsp3) is 0.261. The van der Waals surface area contributed by atoms with Gasteiger partial charge in [-0.3, -0.25) is 4.79 Å². The van der Waals surface area contributed by atoms with Gasteiger partial charge in [0.15, 0.2) is 0 Å². The van der Waals surface area contributed by atoms with Crippen molar-refractivity contribution < 1.29 is 14.6 Å². The van der Waals surface area contributed by atoms with E-state index in [0.717, 1.165) is 26.6 Å². The molecule has 0 unspecified atom stereocenters. The van der Waals surface area contributed by atoms with Crippen LogP contribution in [0, 0.1) is 0 Å². The van der Waals surface area contributed by atoms with Gasteiger partial charge in [-0.1, -0.05) is 42.5 Å². The maximum atomic E-state index is 12.4. The van der Waals surface area contributed by atoms with E-state index >= 15 is 0 Å². The Morgan fingerprint density at radius 1 is 1.11 bits per heavy atom. The molecule has 0 radical (unpaired) electrons. The lowest BCUT2D eigenvalue weighted by atomic mass is 9.88. The summed E-state index contributed by atoms with van der Waals surface area (Å²) < 4.78 is 5.31. The van der Waals surface area contributed by atoms with Gasteiger partial charge in [-0.2, -0.15) is 0 Å². The van der Waals surface area contributed by atoms with E-state index in [1.54, 1.807) is 30.4 Å². The van der Waals surface area contributed by atoms with Crippen LogP contribution >= 0.6 is 11.3 Å². The molecule has 1 fully saturated rings. The first-order valence-electron chi connectivity index (χ1n) is 9.31. The molecule has 2 heterocycles. The fourth-order valence-electron chi connectivity index (χ4n) is 3.95. The zero-order valence-electron chi connectivity index (χ0n) is 15.9. The molecule has 4 rings (SSSR count). The van der Waals surface area contributed by atoms with Crippen LogP contribution in [0.15, 0.2) is 66.7 Å². The van der Waals surface area contributed by atoms with E-state index in [1.165, 1.54) is 0 Å². The maximum Gasteiger partial charge on any atom is 0.223 e. The van der Waals surface area contributed by atoms with Crippen LogP contribution in [-0.4, -0.2) is 36.1 Å². The molecule has 2 aromatic carbocycles. The van der Waals surface area contributed by atoms with Crippen LogP contribution in [0.2, 0.25) is 0 Å². The van der Waals surface area contributed by atoms with Crippen LogP contribution in [0.3, 0.4) is 0 Å². The minimum Gasteiger partial charge on any atom is -0.497 e. The molecule has 1 amide bonds. The predicted octanol–water partition coefficient (Wildman–Crippen LogP) is 4.47. The molecule has 0 saturated carbocycles. The monoisotopic (exact) mass is 393 g/mol. The molecule has 0 spiro atoms.